The van der Waals surface area contributed by atoms with E-state index in [9.17, 15) is 22.8 Å². The van der Waals surface area contributed by atoms with Crippen molar-refractivity contribution in [3.05, 3.63) is 59.5 Å². The number of carboxylic acids is 1. The molecule has 134 valence electrons. The number of carbonyl (C=O) groups excluding carboxylic acids is 1. The maximum absolute atomic E-state index is 14.1. The van der Waals surface area contributed by atoms with Crippen LogP contribution in [0, 0.1) is 17.5 Å². The molecule has 0 bridgehead atoms. The molecule has 0 unspecified atom stereocenters. The molecule has 1 saturated heterocycles. The molecule has 1 aromatic rings. The number of nitrogens with zero attached hydrogens (tertiary/aromatic N) is 1. The highest BCUT2D eigenvalue weighted by molar-refractivity contribution is 5.86. The molecule has 1 fully saturated rings. The standard InChI is InChI=1S/C18H18F3NO3/c1-3-4-17(23)22-11(7-10(2)18(24)25)5-6-16(22)12-8-14(20)15(21)9-13(12)19/h3,7-9,11,16H,1,4-6H2,2H3,(H,24,25)/t11-,16+/m1/s1. The van der Waals surface area contributed by atoms with Crippen molar-refractivity contribution >= 4 is 11.9 Å². The zero-order chi connectivity index (χ0) is 18.7. The van der Waals surface area contributed by atoms with Crippen molar-refractivity contribution < 1.29 is 27.9 Å². The van der Waals surface area contributed by atoms with Crippen molar-refractivity contribution in [2.75, 3.05) is 0 Å². The van der Waals surface area contributed by atoms with Gasteiger partial charge in [0.1, 0.15) is 5.82 Å². The zero-order valence-corrected chi connectivity index (χ0v) is 13.6. The van der Waals surface area contributed by atoms with Gasteiger partial charge in [-0.1, -0.05) is 12.2 Å². The first kappa shape index (κ1) is 18.8. The van der Waals surface area contributed by atoms with Crippen LogP contribution in [0.3, 0.4) is 0 Å². The number of carboxylic acid groups (broad SMARTS) is 1. The number of hydrogen-bond donors (Lipinski definition) is 1. The van der Waals surface area contributed by atoms with Crippen LogP contribution in [0.2, 0.25) is 0 Å². The molecular formula is C18H18F3NO3. The van der Waals surface area contributed by atoms with Crippen molar-refractivity contribution in [3.63, 3.8) is 0 Å². The Bertz CT molecular complexity index is 745. The van der Waals surface area contributed by atoms with E-state index in [2.05, 4.69) is 6.58 Å². The van der Waals surface area contributed by atoms with Gasteiger partial charge in [-0.05, 0) is 25.8 Å². The van der Waals surface area contributed by atoms with Gasteiger partial charge in [-0.15, -0.1) is 6.58 Å². The summed E-state index contributed by atoms with van der Waals surface area (Å²) in [6.45, 7) is 4.88. The van der Waals surface area contributed by atoms with Gasteiger partial charge in [0.15, 0.2) is 11.6 Å². The van der Waals surface area contributed by atoms with Crippen LogP contribution in [-0.2, 0) is 9.59 Å². The molecule has 0 spiro atoms. The quantitative estimate of drug-likeness (QED) is 0.498. The number of aliphatic carboxylic acids is 1. The molecule has 4 nitrogen and oxygen atoms in total. The first-order valence-corrected chi connectivity index (χ1v) is 7.74. The summed E-state index contributed by atoms with van der Waals surface area (Å²) in [5.41, 5.74) is -0.0759. The molecule has 0 aromatic heterocycles. The summed E-state index contributed by atoms with van der Waals surface area (Å²) in [5.74, 6) is -4.96. The van der Waals surface area contributed by atoms with Crippen LogP contribution < -0.4 is 0 Å². The monoisotopic (exact) mass is 353 g/mol. The highest BCUT2D eigenvalue weighted by Crippen LogP contribution is 2.39. The molecule has 1 heterocycles. The molecule has 0 radical (unpaired) electrons. The summed E-state index contributed by atoms with van der Waals surface area (Å²) < 4.78 is 40.9. The molecule has 2 rings (SSSR count). The molecule has 1 aromatic carbocycles. The van der Waals surface area contributed by atoms with Gasteiger partial charge in [0.2, 0.25) is 5.91 Å². The predicted octanol–water partition coefficient (Wildman–Crippen LogP) is 3.74. The smallest absolute Gasteiger partial charge is 0.331 e. The Morgan fingerprint density at radius 2 is 1.88 bits per heavy atom. The van der Waals surface area contributed by atoms with E-state index in [1.165, 1.54) is 24.0 Å². The van der Waals surface area contributed by atoms with Crippen molar-refractivity contribution in [1.29, 1.82) is 0 Å². The molecule has 0 aliphatic carbocycles. The van der Waals surface area contributed by atoms with Crippen LogP contribution in [0.5, 0.6) is 0 Å². The summed E-state index contributed by atoms with van der Waals surface area (Å²) in [5, 5.41) is 9.03. The molecule has 1 aliphatic heterocycles. The normalized spacial score (nSPS) is 20.6. The fraction of sp³-hybridized carbons (Fsp3) is 0.333. The summed E-state index contributed by atoms with van der Waals surface area (Å²) >= 11 is 0. The Morgan fingerprint density at radius 3 is 2.48 bits per heavy atom. The summed E-state index contributed by atoms with van der Waals surface area (Å²) in [4.78, 5) is 24.8. The van der Waals surface area contributed by atoms with Gasteiger partial charge in [-0.2, -0.15) is 0 Å². The number of likely N-dealkylation sites (tertiary alicyclic amines) is 1. The number of amides is 1. The highest BCUT2D eigenvalue weighted by atomic mass is 19.2. The first-order chi connectivity index (χ1) is 11.8. The SMILES string of the molecule is C=CCC(=O)N1[C@@H](C=C(C)C(=O)O)CC[C@H]1c1cc(F)c(F)cc1F. The fourth-order valence-corrected chi connectivity index (χ4v) is 3.05. The summed E-state index contributed by atoms with van der Waals surface area (Å²) in [6.07, 6.45) is 3.46. The van der Waals surface area contributed by atoms with E-state index in [1.54, 1.807) is 0 Å². The highest BCUT2D eigenvalue weighted by Gasteiger charge is 2.38. The van der Waals surface area contributed by atoms with Crippen molar-refractivity contribution in [2.45, 2.75) is 38.3 Å². The second-order valence-corrected chi connectivity index (χ2v) is 5.90. The minimum atomic E-state index is -1.30. The van der Waals surface area contributed by atoms with Gasteiger partial charge >= 0.3 is 5.97 Å². The predicted molar refractivity (Wildman–Crippen MR) is 85.1 cm³/mol. The Balaban J connectivity index is 2.45. The average molecular weight is 353 g/mol. The van der Waals surface area contributed by atoms with E-state index in [4.69, 9.17) is 5.11 Å². The maximum Gasteiger partial charge on any atom is 0.331 e. The Morgan fingerprint density at radius 1 is 1.24 bits per heavy atom. The molecule has 1 N–H and O–H groups in total. The van der Waals surface area contributed by atoms with Crippen LogP contribution >= 0.6 is 0 Å². The van der Waals surface area contributed by atoms with Crippen molar-refractivity contribution in [2.24, 2.45) is 0 Å². The number of hydrogen-bond acceptors (Lipinski definition) is 2. The van der Waals surface area contributed by atoms with Crippen LogP contribution in [0.15, 0.2) is 36.4 Å². The van der Waals surface area contributed by atoms with E-state index in [1.807, 2.05) is 0 Å². The van der Waals surface area contributed by atoms with Crippen LogP contribution in [0.1, 0.15) is 37.8 Å². The lowest BCUT2D eigenvalue weighted by molar-refractivity contribution is -0.134. The van der Waals surface area contributed by atoms with Gasteiger partial charge in [0.25, 0.3) is 0 Å². The van der Waals surface area contributed by atoms with E-state index in [0.717, 1.165) is 6.07 Å². The molecular weight excluding hydrogens is 335 g/mol. The van der Waals surface area contributed by atoms with Gasteiger partial charge in [-0.25, -0.2) is 18.0 Å². The number of benzene rings is 1. The maximum atomic E-state index is 14.1. The minimum Gasteiger partial charge on any atom is -0.478 e. The van der Waals surface area contributed by atoms with Gasteiger partial charge in [0, 0.05) is 23.6 Å². The average Bonchev–Trinajstić information content (AvgIpc) is 2.94. The van der Waals surface area contributed by atoms with Gasteiger partial charge < -0.3 is 10.0 Å². The van der Waals surface area contributed by atoms with Gasteiger partial charge in [-0.3, -0.25) is 4.79 Å². The molecule has 25 heavy (non-hydrogen) atoms. The number of carbonyl (C=O) groups is 2. The lowest BCUT2D eigenvalue weighted by atomic mass is 10.0. The largest absolute Gasteiger partial charge is 0.478 e. The topological polar surface area (TPSA) is 57.6 Å². The second-order valence-electron chi connectivity index (χ2n) is 5.90. The lowest BCUT2D eigenvalue weighted by Gasteiger charge is -2.29. The number of rotatable bonds is 5. The zero-order valence-electron chi connectivity index (χ0n) is 13.6. The summed E-state index contributed by atoms with van der Waals surface area (Å²) in [7, 11) is 0. The van der Waals surface area contributed by atoms with E-state index in [0.29, 0.717) is 18.9 Å². The molecule has 0 saturated carbocycles. The fourth-order valence-electron chi connectivity index (χ4n) is 3.05. The van der Waals surface area contributed by atoms with Crippen molar-refractivity contribution in [3.8, 4) is 0 Å². The minimum absolute atomic E-state index is 0.0295. The van der Waals surface area contributed by atoms with Crippen LogP contribution in [-0.4, -0.2) is 27.9 Å². The Labute approximate surface area is 143 Å². The molecule has 1 amide bonds. The number of halogens is 3. The van der Waals surface area contributed by atoms with E-state index < -0.39 is 35.5 Å². The Hall–Kier alpha value is -2.57. The second kappa shape index (κ2) is 7.55. The third kappa shape index (κ3) is 3.92. The van der Waals surface area contributed by atoms with Crippen LogP contribution in [0.4, 0.5) is 13.2 Å². The van der Waals surface area contributed by atoms with Crippen molar-refractivity contribution in [1.82, 2.24) is 4.90 Å². The molecule has 1 aliphatic rings. The third-order valence-electron chi connectivity index (χ3n) is 4.21. The van der Waals surface area contributed by atoms with Gasteiger partial charge in [0.05, 0.1) is 12.1 Å². The molecule has 7 heteroatoms. The summed E-state index contributed by atoms with van der Waals surface area (Å²) in [6, 6.07) is -0.168. The molecule has 2 atom stereocenters. The van der Waals surface area contributed by atoms with Crippen LogP contribution in [0.25, 0.3) is 0 Å². The Kier molecular flexibility index (Phi) is 5.66. The van der Waals surface area contributed by atoms with E-state index >= 15 is 0 Å². The lowest BCUT2D eigenvalue weighted by Crippen LogP contribution is -2.36. The van der Waals surface area contributed by atoms with E-state index in [-0.39, 0.29) is 23.5 Å². The first-order valence-electron chi connectivity index (χ1n) is 7.74. The third-order valence-corrected chi connectivity index (χ3v) is 4.21.